The SMILES string of the molecule is Cc1cc(C)c(S(=O)(=O)NCCC(=O)NC(C)(C)CN)c(C)c1. The minimum absolute atomic E-state index is 0.0432. The van der Waals surface area contributed by atoms with Crippen LogP contribution in [0.4, 0.5) is 0 Å². The number of hydrogen-bond donors (Lipinski definition) is 3. The van der Waals surface area contributed by atoms with E-state index in [0.717, 1.165) is 5.56 Å². The van der Waals surface area contributed by atoms with Gasteiger partial charge in [-0.2, -0.15) is 0 Å². The molecule has 0 aliphatic rings. The molecule has 0 saturated carbocycles. The van der Waals surface area contributed by atoms with Crippen LogP contribution in [0.2, 0.25) is 0 Å². The van der Waals surface area contributed by atoms with Crippen LogP contribution < -0.4 is 15.8 Å². The van der Waals surface area contributed by atoms with Gasteiger partial charge in [0.15, 0.2) is 0 Å². The molecule has 0 aromatic heterocycles. The normalized spacial score (nSPS) is 12.3. The summed E-state index contributed by atoms with van der Waals surface area (Å²) < 4.78 is 27.4. The molecule has 0 aliphatic carbocycles. The van der Waals surface area contributed by atoms with E-state index < -0.39 is 15.6 Å². The van der Waals surface area contributed by atoms with Crippen molar-refractivity contribution in [2.24, 2.45) is 5.73 Å². The molecule has 7 heteroatoms. The summed E-state index contributed by atoms with van der Waals surface area (Å²) in [6.07, 6.45) is 0.0621. The molecule has 0 heterocycles. The van der Waals surface area contributed by atoms with Gasteiger partial charge in [-0.3, -0.25) is 4.79 Å². The lowest BCUT2D eigenvalue weighted by Crippen LogP contribution is -2.49. The zero-order valence-electron chi connectivity index (χ0n) is 14.5. The van der Waals surface area contributed by atoms with Gasteiger partial charge >= 0.3 is 0 Å². The zero-order valence-corrected chi connectivity index (χ0v) is 15.3. The van der Waals surface area contributed by atoms with Gasteiger partial charge in [0.25, 0.3) is 0 Å². The minimum Gasteiger partial charge on any atom is -0.350 e. The molecular weight excluding hydrogens is 314 g/mol. The van der Waals surface area contributed by atoms with Gasteiger partial charge in [0.05, 0.1) is 4.90 Å². The topological polar surface area (TPSA) is 101 Å². The van der Waals surface area contributed by atoms with E-state index in [1.54, 1.807) is 13.8 Å². The Morgan fingerprint density at radius 3 is 2.17 bits per heavy atom. The van der Waals surface area contributed by atoms with Crippen LogP contribution in [0.1, 0.15) is 37.0 Å². The number of amides is 1. The van der Waals surface area contributed by atoms with E-state index >= 15 is 0 Å². The lowest BCUT2D eigenvalue weighted by molar-refractivity contribution is -0.122. The Balaban J connectivity index is 2.73. The summed E-state index contributed by atoms with van der Waals surface area (Å²) in [4.78, 5) is 12.1. The van der Waals surface area contributed by atoms with Gasteiger partial charge in [-0.05, 0) is 45.7 Å². The van der Waals surface area contributed by atoms with Crippen molar-refractivity contribution in [3.05, 3.63) is 28.8 Å². The molecule has 4 N–H and O–H groups in total. The fourth-order valence-electron chi connectivity index (χ4n) is 2.45. The first-order valence-electron chi connectivity index (χ1n) is 7.57. The van der Waals surface area contributed by atoms with Gasteiger partial charge in [0.1, 0.15) is 0 Å². The van der Waals surface area contributed by atoms with Gasteiger partial charge < -0.3 is 11.1 Å². The Morgan fingerprint density at radius 1 is 1.17 bits per heavy atom. The summed E-state index contributed by atoms with van der Waals surface area (Å²) in [7, 11) is -3.64. The molecule has 130 valence electrons. The van der Waals surface area contributed by atoms with Crippen molar-refractivity contribution < 1.29 is 13.2 Å². The van der Waals surface area contributed by atoms with Crippen molar-refractivity contribution in [2.75, 3.05) is 13.1 Å². The maximum absolute atomic E-state index is 12.4. The van der Waals surface area contributed by atoms with Crippen LogP contribution in [0.3, 0.4) is 0 Å². The van der Waals surface area contributed by atoms with Gasteiger partial charge in [-0.15, -0.1) is 0 Å². The number of carbonyl (C=O) groups excluding carboxylic acids is 1. The van der Waals surface area contributed by atoms with E-state index in [-0.39, 0.29) is 23.8 Å². The Kier molecular flexibility index (Phi) is 6.33. The van der Waals surface area contributed by atoms with Crippen molar-refractivity contribution in [3.8, 4) is 0 Å². The molecule has 0 atom stereocenters. The van der Waals surface area contributed by atoms with E-state index in [2.05, 4.69) is 10.0 Å². The quantitative estimate of drug-likeness (QED) is 0.692. The van der Waals surface area contributed by atoms with Crippen LogP contribution >= 0.6 is 0 Å². The summed E-state index contributed by atoms with van der Waals surface area (Å²) in [5, 5.41) is 2.76. The average Bonchev–Trinajstić information content (AvgIpc) is 2.35. The fraction of sp³-hybridized carbons (Fsp3) is 0.562. The van der Waals surface area contributed by atoms with Crippen LogP contribution in [0.25, 0.3) is 0 Å². The number of benzene rings is 1. The van der Waals surface area contributed by atoms with E-state index in [4.69, 9.17) is 5.73 Å². The van der Waals surface area contributed by atoms with Crippen LogP contribution in [0.5, 0.6) is 0 Å². The molecule has 0 spiro atoms. The Bertz CT molecular complexity index is 659. The van der Waals surface area contributed by atoms with E-state index in [9.17, 15) is 13.2 Å². The standard InChI is InChI=1S/C16H27N3O3S/c1-11-8-12(2)15(13(3)9-11)23(21,22)18-7-6-14(20)19-16(4,5)10-17/h8-9,18H,6-7,10,17H2,1-5H3,(H,19,20). The van der Waals surface area contributed by atoms with Crippen molar-refractivity contribution in [3.63, 3.8) is 0 Å². The second-order valence-corrected chi connectivity index (χ2v) is 8.22. The molecule has 0 radical (unpaired) electrons. The highest BCUT2D eigenvalue weighted by atomic mass is 32.2. The van der Waals surface area contributed by atoms with Crippen molar-refractivity contribution in [1.82, 2.24) is 10.0 Å². The smallest absolute Gasteiger partial charge is 0.241 e. The number of nitrogens with one attached hydrogen (secondary N) is 2. The highest BCUT2D eigenvalue weighted by Crippen LogP contribution is 2.21. The van der Waals surface area contributed by atoms with E-state index in [1.807, 2.05) is 32.9 Å². The number of hydrogen-bond acceptors (Lipinski definition) is 4. The van der Waals surface area contributed by atoms with Gasteiger partial charge in [-0.25, -0.2) is 13.1 Å². The summed E-state index contributed by atoms with van der Waals surface area (Å²) in [6.45, 7) is 9.44. The molecule has 0 saturated heterocycles. The second-order valence-electron chi connectivity index (χ2n) is 6.51. The van der Waals surface area contributed by atoms with Crippen LogP contribution in [0.15, 0.2) is 17.0 Å². The lowest BCUT2D eigenvalue weighted by atomic mass is 10.1. The molecule has 1 rings (SSSR count). The lowest BCUT2D eigenvalue weighted by Gasteiger charge is -2.24. The molecule has 6 nitrogen and oxygen atoms in total. The minimum atomic E-state index is -3.64. The molecule has 23 heavy (non-hydrogen) atoms. The number of rotatable bonds is 7. The summed E-state index contributed by atoms with van der Waals surface area (Å²) >= 11 is 0. The highest BCUT2D eigenvalue weighted by molar-refractivity contribution is 7.89. The molecule has 0 aliphatic heterocycles. The summed E-state index contributed by atoms with van der Waals surface area (Å²) in [6, 6.07) is 3.66. The Labute approximate surface area is 138 Å². The van der Waals surface area contributed by atoms with Crippen molar-refractivity contribution in [2.45, 2.75) is 51.5 Å². The number of nitrogens with two attached hydrogens (primary N) is 1. The third-order valence-corrected chi connectivity index (χ3v) is 5.27. The monoisotopic (exact) mass is 341 g/mol. The Morgan fingerprint density at radius 2 is 1.70 bits per heavy atom. The first-order valence-corrected chi connectivity index (χ1v) is 9.05. The fourth-order valence-corrected chi connectivity index (χ4v) is 3.93. The molecule has 1 aromatic rings. The van der Waals surface area contributed by atoms with Gasteiger partial charge in [0.2, 0.25) is 15.9 Å². The third-order valence-electron chi connectivity index (χ3n) is 3.51. The molecule has 1 amide bonds. The molecule has 0 bridgehead atoms. The molecular formula is C16H27N3O3S. The van der Waals surface area contributed by atoms with Crippen molar-refractivity contribution >= 4 is 15.9 Å². The maximum atomic E-state index is 12.4. The Hall–Kier alpha value is -1.44. The largest absolute Gasteiger partial charge is 0.350 e. The second kappa shape index (κ2) is 7.42. The first kappa shape index (κ1) is 19.6. The van der Waals surface area contributed by atoms with Crippen LogP contribution in [-0.2, 0) is 14.8 Å². The maximum Gasteiger partial charge on any atom is 0.241 e. The van der Waals surface area contributed by atoms with Gasteiger partial charge in [0, 0.05) is 25.0 Å². The van der Waals surface area contributed by atoms with E-state index in [0.29, 0.717) is 17.7 Å². The third kappa shape index (κ3) is 5.60. The van der Waals surface area contributed by atoms with E-state index in [1.165, 1.54) is 0 Å². The number of aryl methyl sites for hydroxylation is 3. The van der Waals surface area contributed by atoms with Crippen molar-refractivity contribution in [1.29, 1.82) is 0 Å². The van der Waals surface area contributed by atoms with Crippen LogP contribution in [0, 0.1) is 20.8 Å². The molecule has 1 aromatic carbocycles. The summed E-state index contributed by atoms with van der Waals surface area (Å²) in [5.41, 5.74) is 7.46. The predicted octanol–water partition coefficient (Wildman–Crippen LogP) is 1.13. The first-order chi connectivity index (χ1) is 10.5. The van der Waals surface area contributed by atoms with Gasteiger partial charge in [-0.1, -0.05) is 17.7 Å². The highest BCUT2D eigenvalue weighted by Gasteiger charge is 2.21. The number of carbonyl (C=O) groups is 1. The van der Waals surface area contributed by atoms with Crippen LogP contribution in [-0.4, -0.2) is 33.0 Å². The zero-order chi connectivity index (χ0) is 17.8. The molecule has 0 unspecified atom stereocenters. The predicted molar refractivity (Wildman–Crippen MR) is 91.7 cm³/mol. The summed E-state index contributed by atoms with van der Waals surface area (Å²) in [5.74, 6) is -0.236. The number of sulfonamides is 1. The molecule has 0 fully saturated rings. The average molecular weight is 341 g/mol.